The first-order valence-corrected chi connectivity index (χ1v) is 11.0. The van der Waals surface area contributed by atoms with Gasteiger partial charge in [0.25, 0.3) is 5.91 Å². The Kier molecular flexibility index (Phi) is 6.28. The van der Waals surface area contributed by atoms with Gasteiger partial charge in [-0.25, -0.2) is 0 Å². The Morgan fingerprint density at radius 2 is 1.58 bits per heavy atom. The number of hydrogen-bond donors (Lipinski definition) is 2. The van der Waals surface area contributed by atoms with Crippen molar-refractivity contribution in [1.82, 2.24) is 0 Å². The first kappa shape index (κ1) is 21.0. The van der Waals surface area contributed by atoms with E-state index in [9.17, 15) is 4.79 Å². The van der Waals surface area contributed by atoms with Crippen LogP contribution in [0.4, 0.5) is 11.4 Å². The Balaban J connectivity index is 1.89. The first-order chi connectivity index (χ1) is 15.1. The predicted molar refractivity (Wildman–Crippen MR) is 128 cm³/mol. The van der Waals surface area contributed by atoms with Crippen molar-refractivity contribution in [1.29, 1.82) is 0 Å². The fourth-order valence-corrected chi connectivity index (χ4v) is 3.79. The normalized spacial score (nSPS) is 14.0. The molecule has 2 N–H and O–H groups in total. The van der Waals surface area contributed by atoms with Crippen LogP contribution in [-0.4, -0.2) is 19.1 Å². The molecule has 3 aromatic carbocycles. The highest BCUT2D eigenvalue weighted by atomic mass is 79.9. The summed E-state index contributed by atoms with van der Waals surface area (Å²) in [6, 6.07) is 21.4. The third-order valence-electron chi connectivity index (χ3n) is 4.85. The van der Waals surface area contributed by atoms with Crippen LogP contribution in [0.15, 0.2) is 71.2 Å². The van der Waals surface area contributed by atoms with E-state index in [1.807, 2.05) is 80.6 Å². The van der Waals surface area contributed by atoms with Gasteiger partial charge in [0, 0.05) is 21.8 Å². The fourth-order valence-electron chi connectivity index (χ4n) is 3.52. The highest BCUT2D eigenvalue weighted by molar-refractivity contribution is 9.10. The molecule has 0 unspecified atom stereocenters. The standard InChI is InChI=1S/C25H23BrN2O3/c1-3-30-21-14-19-20(15-22(21)31-4-2)28-25(29)23(19)24(16-8-6-5-7-9-16)27-18-12-10-17(26)11-13-18/h5-15,27H,3-4H2,1-2H3,(H,28,29)/b24-23-. The summed E-state index contributed by atoms with van der Waals surface area (Å²) in [6.45, 7) is 4.86. The molecule has 31 heavy (non-hydrogen) atoms. The van der Waals surface area contributed by atoms with Crippen molar-refractivity contribution >= 4 is 44.5 Å². The van der Waals surface area contributed by atoms with Crippen molar-refractivity contribution in [2.45, 2.75) is 13.8 Å². The van der Waals surface area contributed by atoms with Gasteiger partial charge in [-0.15, -0.1) is 0 Å². The molecule has 3 aromatic rings. The molecule has 1 heterocycles. The lowest BCUT2D eigenvalue weighted by Crippen LogP contribution is -2.10. The molecule has 1 aliphatic heterocycles. The van der Waals surface area contributed by atoms with Gasteiger partial charge >= 0.3 is 0 Å². The van der Waals surface area contributed by atoms with E-state index in [-0.39, 0.29) is 5.91 Å². The zero-order chi connectivity index (χ0) is 21.8. The van der Waals surface area contributed by atoms with Crippen LogP contribution in [0, 0.1) is 0 Å². The molecule has 0 bridgehead atoms. The number of carbonyl (C=O) groups excluding carboxylic acids is 1. The number of hydrogen-bond acceptors (Lipinski definition) is 4. The van der Waals surface area contributed by atoms with E-state index in [4.69, 9.17) is 9.47 Å². The van der Waals surface area contributed by atoms with Gasteiger partial charge in [0.15, 0.2) is 11.5 Å². The second-order valence-corrected chi connectivity index (χ2v) is 7.83. The number of rotatable bonds is 7. The van der Waals surface area contributed by atoms with Gasteiger partial charge in [-0.2, -0.15) is 0 Å². The van der Waals surface area contributed by atoms with Crippen LogP contribution in [0.5, 0.6) is 11.5 Å². The van der Waals surface area contributed by atoms with Crippen LogP contribution < -0.4 is 20.1 Å². The molecule has 1 aliphatic rings. The number of fused-ring (bicyclic) bond motifs is 1. The molecule has 0 saturated heterocycles. The van der Waals surface area contributed by atoms with Gasteiger partial charge in [0.05, 0.1) is 30.2 Å². The zero-order valence-corrected chi connectivity index (χ0v) is 19.0. The van der Waals surface area contributed by atoms with E-state index in [1.165, 1.54) is 0 Å². The molecule has 0 fully saturated rings. The molecular formula is C25H23BrN2O3. The quantitative estimate of drug-likeness (QED) is 0.398. The molecule has 0 aromatic heterocycles. The van der Waals surface area contributed by atoms with Crippen molar-refractivity contribution in [2.24, 2.45) is 0 Å². The van der Waals surface area contributed by atoms with E-state index in [0.717, 1.165) is 27.0 Å². The third kappa shape index (κ3) is 4.44. The lowest BCUT2D eigenvalue weighted by Gasteiger charge is -2.16. The highest BCUT2D eigenvalue weighted by Crippen LogP contribution is 2.43. The molecular weight excluding hydrogens is 456 g/mol. The molecule has 0 atom stereocenters. The van der Waals surface area contributed by atoms with E-state index in [1.54, 1.807) is 0 Å². The monoisotopic (exact) mass is 478 g/mol. The molecule has 0 aliphatic carbocycles. The SMILES string of the molecule is CCOc1cc2c(cc1OCC)/C(=C(/Nc1ccc(Br)cc1)c1ccccc1)C(=O)N2. The van der Waals surface area contributed by atoms with Crippen LogP contribution in [0.25, 0.3) is 11.3 Å². The van der Waals surface area contributed by atoms with E-state index in [2.05, 4.69) is 26.6 Å². The minimum atomic E-state index is -0.172. The van der Waals surface area contributed by atoms with Gasteiger partial charge in [-0.3, -0.25) is 4.79 Å². The van der Waals surface area contributed by atoms with Crippen molar-refractivity contribution < 1.29 is 14.3 Å². The predicted octanol–water partition coefficient (Wildman–Crippen LogP) is 6.18. The largest absolute Gasteiger partial charge is 0.490 e. The molecule has 1 amide bonds. The Labute approximate surface area is 190 Å². The van der Waals surface area contributed by atoms with E-state index >= 15 is 0 Å². The van der Waals surface area contributed by atoms with Crippen LogP contribution in [0.1, 0.15) is 25.0 Å². The van der Waals surface area contributed by atoms with Crippen LogP contribution in [-0.2, 0) is 4.79 Å². The number of carbonyl (C=O) groups is 1. The molecule has 158 valence electrons. The summed E-state index contributed by atoms with van der Waals surface area (Å²) in [5, 5.41) is 6.43. The van der Waals surface area contributed by atoms with Gasteiger partial charge < -0.3 is 20.1 Å². The topological polar surface area (TPSA) is 59.6 Å². The summed E-state index contributed by atoms with van der Waals surface area (Å²) in [5.41, 5.74) is 4.57. The average molecular weight is 479 g/mol. The van der Waals surface area contributed by atoms with Gasteiger partial charge in [0.1, 0.15) is 0 Å². The maximum Gasteiger partial charge on any atom is 0.258 e. The molecule has 0 spiro atoms. The van der Waals surface area contributed by atoms with Gasteiger partial charge in [0.2, 0.25) is 0 Å². The van der Waals surface area contributed by atoms with Crippen LogP contribution in [0.2, 0.25) is 0 Å². The van der Waals surface area contributed by atoms with Gasteiger partial charge in [-0.1, -0.05) is 46.3 Å². The molecule has 4 rings (SSSR count). The number of anilines is 2. The minimum Gasteiger partial charge on any atom is -0.490 e. The maximum absolute atomic E-state index is 13.1. The second-order valence-electron chi connectivity index (χ2n) is 6.91. The Bertz CT molecular complexity index is 1130. The lowest BCUT2D eigenvalue weighted by atomic mass is 9.99. The summed E-state index contributed by atoms with van der Waals surface area (Å²) in [7, 11) is 0. The number of amides is 1. The highest BCUT2D eigenvalue weighted by Gasteiger charge is 2.30. The average Bonchev–Trinajstić information content (AvgIpc) is 3.09. The summed E-state index contributed by atoms with van der Waals surface area (Å²) in [5.74, 6) is 1.06. The number of nitrogens with one attached hydrogen (secondary N) is 2. The summed E-state index contributed by atoms with van der Waals surface area (Å²) >= 11 is 3.47. The maximum atomic E-state index is 13.1. The Morgan fingerprint density at radius 1 is 0.935 bits per heavy atom. The first-order valence-electron chi connectivity index (χ1n) is 10.2. The van der Waals surface area contributed by atoms with E-state index < -0.39 is 0 Å². The zero-order valence-electron chi connectivity index (χ0n) is 17.4. The third-order valence-corrected chi connectivity index (χ3v) is 5.38. The minimum absolute atomic E-state index is 0.172. The number of ether oxygens (including phenoxy) is 2. The van der Waals surface area contributed by atoms with E-state index in [0.29, 0.717) is 36.0 Å². The number of benzene rings is 3. The summed E-state index contributed by atoms with van der Waals surface area (Å²) in [4.78, 5) is 13.1. The molecule has 0 radical (unpaired) electrons. The Morgan fingerprint density at radius 3 is 2.23 bits per heavy atom. The summed E-state index contributed by atoms with van der Waals surface area (Å²) < 4.78 is 12.5. The smallest absolute Gasteiger partial charge is 0.258 e. The lowest BCUT2D eigenvalue weighted by molar-refractivity contribution is -0.110. The fraction of sp³-hybridized carbons (Fsp3) is 0.160. The van der Waals surface area contributed by atoms with Crippen molar-refractivity contribution in [3.8, 4) is 11.5 Å². The molecule has 0 saturated carbocycles. The van der Waals surface area contributed by atoms with Crippen molar-refractivity contribution in [2.75, 3.05) is 23.8 Å². The Hall–Kier alpha value is -3.25. The van der Waals surface area contributed by atoms with Crippen molar-refractivity contribution in [3.05, 3.63) is 82.3 Å². The van der Waals surface area contributed by atoms with Gasteiger partial charge in [-0.05, 0) is 49.7 Å². The van der Waals surface area contributed by atoms with Crippen LogP contribution in [0.3, 0.4) is 0 Å². The van der Waals surface area contributed by atoms with Crippen molar-refractivity contribution in [3.63, 3.8) is 0 Å². The number of halogens is 1. The molecule has 5 nitrogen and oxygen atoms in total. The second kappa shape index (κ2) is 9.27. The molecule has 6 heteroatoms. The van der Waals surface area contributed by atoms with Crippen LogP contribution >= 0.6 is 15.9 Å². The summed E-state index contributed by atoms with van der Waals surface area (Å²) in [6.07, 6.45) is 0.